The Morgan fingerprint density at radius 3 is 2.55 bits per heavy atom. The van der Waals surface area contributed by atoms with E-state index in [9.17, 15) is 4.79 Å². The summed E-state index contributed by atoms with van der Waals surface area (Å²) in [6.45, 7) is 4.45. The second-order valence-electron chi connectivity index (χ2n) is 4.34. The van der Waals surface area contributed by atoms with E-state index in [0.717, 1.165) is 17.9 Å². The summed E-state index contributed by atoms with van der Waals surface area (Å²) in [6.07, 6.45) is 0.910. The molecule has 0 heterocycles. The van der Waals surface area contributed by atoms with Gasteiger partial charge in [0.25, 0.3) is 0 Å². The fraction of sp³-hybridized carbons (Fsp3) is 0.429. The van der Waals surface area contributed by atoms with E-state index in [-0.39, 0.29) is 11.9 Å². The molecule has 0 bridgehead atoms. The molecule has 0 unspecified atom stereocenters. The average Bonchev–Trinajstić information content (AvgIpc) is 2.45. The van der Waals surface area contributed by atoms with Crippen molar-refractivity contribution in [2.45, 2.75) is 26.3 Å². The summed E-state index contributed by atoms with van der Waals surface area (Å²) in [5.74, 6) is 0.715. The molecule has 6 heteroatoms. The predicted molar refractivity (Wildman–Crippen MR) is 85.1 cm³/mol. The zero-order chi connectivity index (χ0) is 15.0. The third kappa shape index (κ3) is 5.44. The Hall–Kier alpha value is -1.82. The normalized spacial score (nSPS) is 11.3. The van der Waals surface area contributed by atoms with Crippen LogP contribution in [0.25, 0.3) is 0 Å². The number of carbonyl (C=O) groups is 1. The standard InChI is InChI=1S/C14H21N3O2S/c1-4-9-15-13(18)10(2)16-14(20)17-11-5-7-12(19-3)8-6-11/h5-8,10H,4,9H2,1-3H3,(H,15,18)(H2,16,17,20)/t10-/m1/s1. The van der Waals surface area contributed by atoms with Crippen LogP contribution in [0.5, 0.6) is 5.75 Å². The molecule has 0 fully saturated rings. The fourth-order valence-electron chi connectivity index (χ4n) is 1.51. The Labute approximate surface area is 125 Å². The first-order valence-electron chi connectivity index (χ1n) is 6.56. The Morgan fingerprint density at radius 1 is 1.35 bits per heavy atom. The molecule has 0 saturated carbocycles. The van der Waals surface area contributed by atoms with Crippen molar-refractivity contribution in [3.63, 3.8) is 0 Å². The van der Waals surface area contributed by atoms with Crippen molar-refractivity contribution in [3.8, 4) is 5.75 Å². The van der Waals surface area contributed by atoms with E-state index in [1.54, 1.807) is 14.0 Å². The lowest BCUT2D eigenvalue weighted by Gasteiger charge is -2.16. The van der Waals surface area contributed by atoms with Crippen molar-refractivity contribution >= 4 is 28.9 Å². The highest BCUT2D eigenvalue weighted by molar-refractivity contribution is 7.80. The Bertz CT molecular complexity index is 448. The van der Waals surface area contributed by atoms with E-state index in [1.807, 2.05) is 31.2 Å². The maximum absolute atomic E-state index is 11.7. The predicted octanol–water partition coefficient (Wildman–Crippen LogP) is 1.90. The van der Waals surface area contributed by atoms with Crippen LogP contribution in [-0.4, -0.2) is 30.7 Å². The topological polar surface area (TPSA) is 62.4 Å². The number of ether oxygens (including phenoxy) is 1. The van der Waals surface area contributed by atoms with Crippen LogP contribution < -0.4 is 20.7 Å². The van der Waals surface area contributed by atoms with Crippen LogP contribution in [0, 0.1) is 0 Å². The third-order valence-corrected chi connectivity index (χ3v) is 2.86. The van der Waals surface area contributed by atoms with Crippen LogP contribution in [0.3, 0.4) is 0 Å². The zero-order valence-electron chi connectivity index (χ0n) is 12.0. The molecule has 0 saturated heterocycles. The first-order valence-corrected chi connectivity index (χ1v) is 6.97. The molecule has 0 spiro atoms. The van der Waals surface area contributed by atoms with Gasteiger partial charge in [0.1, 0.15) is 11.8 Å². The SMILES string of the molecule is CCCNC(=O)[C@@H](C)NC(=S)Nc1ccc(OC)cc1. The Kier molecular flexibility index (Phi) is 6.79. The number of rotatable bonds is 6. The molecule has 0 radical (unpaired) electrons. The van der Waals surface area contributed by atoms with Gasteiger partial charge in [0, 0.05) is 12.2 Å². The number of nitrogens with one attached hydrogen (secondary N) is 3. The summed E-state index contributed by atoms with van der Waals surface area (Å²) in [5.41, 5.74) is 0.837. The number of amides is 1. The van der Waals surface area contributed by atoms with Crippen LogP contribution in [-0.2, 0) is 4.79 Å². The molecule has 0 aliphatic rings. The summed E-state index contributed by atoms with van der Waals surface area (Å²) >= 11 is 5.17. The van der Waals surface area contributed by atoms with Gasteiger partial charge in [-0.1, -0.05) is 6.92 Å². The van der Waals surface area contributed by atoms with Crippen LogP contribution in [0.4, 0.5) is 5.69 Å². The molecule has 20 heavy (non-hydrogen) atoms. The van der Waals surface area contributed by atoms with E-state index in [2.05, 4.69) is 16.0 Å². The number of anilines is 1. The molecule has 3 N–H and O–H groups in total. The monoisotopic (exact) mass is 295 g/mol. The number of benzene rings is 1. The maximum Gasteiger partial charge on any atom is 0.242 e. The van der Waals surface area contributed by atoms with Gasteiger partial charge in [-0.25, -0.2) is 0 Å². The van der Waals surface area contributed by atoms with Crippen molar-refractivity contribution in [1.29, 1.82) is 0 Å². The van der Waals surface area contributed by atoms with Gasteiger partial charge in [0.15, 0.2) is 5.11 Å². The highest BCUT2D eigenvalue weighted by atomic mass is 32.1. The lowest BCUT2D eigenvalue weighted by atomic mass is 10.3. The average molecular weight is 295 g/mol. The number of carbonyl (C=O) groups excluding carboxylic acids is 1. The first-order chi connectivity index (χ1) is 9.56. The van der Waals surface area contributed by atoms with Crippen molar-refractivity contribution in [1.82, 2.24) is 10.6 Å². The minimum atomic E-state index is -0.375. The third-order valence-electron chi connectivity index (χ3n) is 2.64. The highest BCUT2D eigenvalue weighted by Gasteiger charge is 2.12. The quantitative estimate of drug-likeness (QED) is 0.700. The molecule has 0 aliphatic carbocycles. The van der Waals surface area contributed by atoms with Crippen molar-refractivity contribution in [3.05, 3.63) is 24.3 Å². The maximum atomic E-state index is 11.7. The Balaban J connectivity index is 2.44. The highest BCUT2D eigenvalue weighted by Crippen LogP contribution is 2.14. The number of thiocarbonyl (C=S) groups is 1. The van der Waals surface area contributed by atoms with Gasteiger partial charge in [-0.05, 0) is 49.8 Å². The van der Waals surface area contributed by atoms with Gasteiger partial charge in [0.05, 0.1) is 7.11 Å². The number of hydrogen-bond acceptors (Lipinski definition) is 3. The van der Waals surface area contributed by atoms with E-state index in [0.29, 0.717) is 11.7 Å². The number of methoxy groups -OCH3 is 1. The van der Waals surface area contributed by atoms with Gasteiger partial charge < -0.3 is 20.7 Å². The molecule has 1 aromatic rings. The molecule has 1 rings (SSSR count). The molecular weight excluding hydrogens is 274 g/mol. The minimum absolute atomic E-state index is 0.0641. The van der Waals surface area contributed by atoms with Crippen LogP contribution >= 0.6 is 12.2 Å². The molecule has 110 valence electrons. The van der Waals surface area contributed by atoms with E-state index < -0.39 is 0 Å². The van der Waals surface area contributed by atoms with E-state index in [1.165, 1.54) is 0 Å². The molecule has 1 amide bonds. The van der Waals surface area contributed by atoms with E-state index >= 15 is 0 Å². The summed E-state index contributed by atoms with van der Waals surface area (Å²) in [5, 5.41) is 9.18. The summed E-state index contributed by atoms with van der Waals surface area (Å²) in [4.78, 5) is 11.7. The molecule has 1 atom stereocenters. The molecule has 1 aromatic carbocycles. The van der Waals surface area contributed by atoms with Crippen molar-refractivity contribution in [2.75, 3.05) is 19.0 Å². The summed E-state index contributed by atoms with van der Waals surface area (Å²) in [6, 6.07) is 7.01. The van der Waals surface area contributed by atoms with Gasteiger partial charge in [-0.3, -0.25) is 4.79 Å². The number of hydrogen-bond donors (Lipinski definition) is 3. The Morgan fingerprint density at radius 2 is 2.00 bits per heavy atom. The van der Waals surface area contributed by atoms with Crippen LogP contribution in [0.1, 0.15) is 20.3 Å². The molecular formula is C14H21N3O2S. The second kappa shape index (κ2) is 8.37. The van der Waals surface area contributed by atoms with Crippen molar-refractivity contribution < 1.29 is 9.53 Å². The van der Waals surface area contributed by atoms with Gasteiger partial charge in [-0.2, -0.15) is 0 Å². The lowest BCUT2D eigenvalue weighted by molar-refractivity contribution is -0.122. The fourth-order valence-corrected chi connectivity index (χ4v) is 1.80. The minimum Gasteiger partial charge on any atom is -0.497 e. The zero-order valence-corrected chi connectivity index (χ0v) is 12.8. The second-order valence-corrected chi connectivity index (χ2v) is 4.75. The molecule has 5 nitrogen and oxygen atoms in total. The summed E-state index contributed by atoms with van der Waals surface area (Å²) in [7, 11) is 1.62. The lowest BCUT2D eigenvalue weighted by Crippen LogP contribution is -2.46. The molecule has 0 aliphatic heterocycles. The van der Waals surface area contributed by atoms with Gasteiger partial charge in [-0.15, -0.1) is 0 Å². The largest absolute Gasteiger partial charge is 0.497 e. The van der Waals surface area contributed by atoms with E-state index in [4.69, 9.17) is 17.0 Å². The van der Waals surface area contributed by atoms with Crippen LogP contribution in [0.15, 0.2) is 24.3 Å². The first kappa shape index (κ1) is 16.2. The molecule has 0 aromatic heterocycles. The van der Waals surface area contributed by atoms with Crippen molar-refractivity contribution in [2.24, 2.45) is 0 Å². The van der Waals surface area contributed by atoms with Crippen LogP contribution in [0.2, 0.25) is 0 Å². The smallest absolute Gasteiger partial charge is 0.242 e. The van der Waals surface area contributed by atoms with Gasteiger partial charge >= 0.3 is 0 Å². The van der Waals surface area contributed by atoms with Gasteiger partial charge in [0.2, 0.25) is 5.91 Å². The summed E-state index contributed by atoms with van der Waals surface area (Å²) < 4.78 is 5.08.